The Labute approximate surface area is 124 Å². The van der Waals surface area contributed by atoms with Gasteiger partial charge in [-0.1, -0.05) is 11.6 Å². The van der Waals surface area contributed by atoms with Crippen molar-refractivity contribution in [2.24, 2.45) is 0 Å². The number of benzene rings is 1. The van der Waals surface area contributed by atoms with Crippen LogP contribution in [0.15, 0.2) is 18.2 Å². The van der Waals surface area contributed by atoms with Gasteiger partial charge in [0, 0.05) is 17.3 Å². The molecule has 0 bridgehead atoms. The van der Waals surface area contributed by atoms with Crippen molar-refractivity contribution < 1.29 is 14.3 Å². The van der Waals surface area contributed by atoms with Gasteiger partial charge in [-0.25, -0.2) is 0 Å². The average molecular weight is 298 g/mol. The highest BCUT2D eigenvalue weighted by Gasteiger charge is 2.15. The van der Waals surface area contributed by atoms with E-state index in [2.05, 4.69) is 5.32 Å². The topological polar surface area (TPSA) is 47.6 Å². The van der Waals surface area contributed by atoms with E-state index >= 15 is 0 Å². The van der Waals surface area contributed by atoms with Crippen LogP contribution < -0.4 is 5.32 Å². The summed E-state index contributed by atoms with van der Waals surface area (Å²) in [6.45, 7) is 3.73. The van der Waals surface area contributed by atoms with Crippen LogP contribution >= 0.6 is 11.6 Å². The third-order valence-corrected chi connectivity index (χ3v) is 3.50. The lowest BCUT2D eigenvalue weighted by atomic mass is 10.2. The molecule has 1 atom stereocenters. The van der Waals surface area contributed by atoms with Crippen LogP contribution in [0.2, 0.25) is 5.02 Å². The van der Waals surface area contributed by atoms with Crippen molar-refractivity contribution in [3.63, 3.8) is 0 Å². The second-order valence-electron chi connectivity index (χ2n) is 4.97. The number of aryl methyl sites for hydroxylation is 1. The standard InChI is InChI=1S/C15H20ClNO3/c1-11-9-12(16)4-5-14(11)17-15(18)6-8-19-10-13-3-2-7-20-13/h4-5,9,13H,2-3,6-8,10H2,1H3,(H,17,18). The summed E-state index contributed by atoms with van der Waals surface area (Å²) in [5, 5.41) is 3.52. The summed E-state index contributed by atoms with van der Waals surface area (Å²) in [6, 6.07) is 5.39. The van der Waals surface area contributed by atoms with Crippen LogP contribution in [0.1, 0.15) is 24.8 Å². The minimum Gasteiger partial charge on any atom is -0.378 e. The normalized spacial score (nSPS) is 18.2. The molecule has 1 saturated heterocycles. The van der Waals surface area contributed by atoms with Crippen molar-refractivity contribution in [3.8, 4) is 0 Å². The molecule has 1 N–H and O–H groups in total. The number of carbonyl (C=O) groups excluding carboxylic acids is 1. The molecule has 110 valence electrons. The first-order valence-electron chi connectivity index (χ1n) is 6.90. The van der Waals surface area contributed by atoms with E-state index in [1.165, 1.54) is 0 Å². The highest BCUT2D eigenvalue weighted by molar-refractivity contribution is 6.30. The number of nitrogens with one attached hydrogen (secondary N) is 1. The number of amides is 1. The maximum absolute atomic E-state index is 11.8. The monoisotopic (exact) mass is 297 g/mol. The molecule has 0 aliphatic carbocycles. The van der Waals surface area contributed by atoms with E-state index in [1.807, 2.05) is 19.1 Å². The molecular weight excluding hydrogens is 278 g/mol. The fourth-order valence-electron chi connectivity index (χ4n) is 2.14. The molecule has 0 saturated carbocycles. The maximum atomic E-state index is 11.8. The molecule has 0 spiro atoms. The third-order valence-electron chi connectivity index (χ3n) is 3.26. The molecule has 2 rings (SSSR count). The van der Waals surface area contributed by atoms with E-state index in [4.69, 9.17) is 21.1 Å². The van der Waals surface area contributed by atoms with Crippen molar-refractivity contribution in [2.75, 3.05) is 25.1 Å². The van der Waals surface area contributed by atoms with Crippen LogP contribution in [0.5, 0.6) is 0 Å². The first kappa shape index (κ1) is 15.3. The number of ether oxygens (including phenoxy) is 2. The number of anilines is 1. The van der Waals surface area contributed by atoms with Crippen LogP contribution in [0.3, 0.4) is 0 Å². The van der Waals surface area contributed by atoms with Crippen LogP contribution in [0.25, 0.3) is 0 Å². The predicted molar refractivity (Wildman–Crippen MR) is 79.2 cm³/mol. The summed E-state index contributed by atoms with van der Waals surface area (Å²) in [7, 11) is 0. The summed E-state index contributed by atoms with van der Waals surface area (Å²) in [6.07, 6.45) is 2.70. The molecule has 20 heavy (non-hydrogen) atoms. The highest BCUT2D eigenvalue weighted by atomic mass is 35.5. The first-order chi connectivity index (χ1) is 9.65. The van der Waals surface area contributed by atoms with Gasteiger partial charge in [0.05, 0.1) is 25.7 Å². The summed E-state index contributed by atoms with van der Waals surface area (Å²) >= 11 is 5.87. The molecule has 1 aliphatic heterocycles. The van der Waals surface area contributed by atoms with Crippen LogP contribution in [-0.2, 0) is 14.3 Å². The average Bonchev–Trinajstić information content (AvgIpc) is 2.91. The molecule has 1 amide bonds. The summed E-state index contributed by atoms with van der Waals surface area (Å²) in [5.41, 5.74) is 1.74. The van der Waals surface area contributed by atoms with E-state index in [0.29, 0.717) is 24.7 Å². The Morgan fingerprint density at radius 3 is 3.10 bits per heavy atom. The molecule has 0 aromatic heterocycles. The molecule has 0 radical (unpaired) electrons. The highest BCUT2D eigenvalue weighted by Crippen LogP contribution is 2.19. The van der Waals surface area contributed by atoms with Gasteiger partial charge in [0.2, 0.25) is 5.91 Å². The Morgan fingerprint density at radius 1 is 1.55 bits per heavy atom. The van der Waals surface area contributed by atoms with Gasteiger partial charge < -0.3 is 14.8 Å². The van der Waals surface area contributed by atoms with Gasteiger partial charge in [-0.05, 0) is 43.5 Å². The minimum absolute atomic E-state index is 0.0530. The van der Waals surface area contributed by atoms with Gasteiger partial charge in [0.15, 0.2) is 0 Å². The first-order valence-corrected chi connectivity index (χ1v) is 7.28. The number of hydrogen-bond donors (Lipinski definition) is 1. The van der Waals surface area contributed by atoms with E-state index in [0.717, 1.165) is 30.7 Å². The third kappa shape index (κ3) is 4.78. The second kappa shape index (κ2) is 7.62. The molecule has 1 aliphatic rings. The molecule has 1 heterocycles. The van der Waals surface area contributed by atoms with E-state index in [1.54, 1.807) is 6.07 Å². The van der Waals surface area contributed by atoms with Crippen molar-refractivity contribution in [1.82, 2.24) is 0 Å². The lowest BCUT2D eigenvalue weighted by molar-refractivity contribution is -0.117. The summed E-state index contributed by atoms with van der Waals surface area (Å²) in [5.74, 6) is -0.0530. The minimum atomic E-state index is -0.0530. The summed E-state index contributed by atoms with van der Waals surface area (Å²) in [4.78, 5) is 11.8. The Bertz CT molecular complexity index is 458. The van der Waals surface area contributed by atoms with E-state index in [-0.39, 0.29) is 12.0 Å². The second-order valence-corrected chi connectivity index (χ2v) is 5.40. The number of carbonyl (C=O) groups is 1. The van der Waals surface area contributed by atoms with Gasteiger partial charge in [-0.2, -0.15) is 0 Å². The number of halogens is 1. The SMILES string of the molecule is Cc1cc(Cl)ccc1NC(=O)CCOCC1CCCO1. The smallest absolute Gasteiger partial charge is 0.226 e. The number of rotatable bonds is 6. The Hall–Kier alpha value is -1.10. The Balaban J connectivity index is 1.67. The van der Waals surface area contributed by atoms with Gasteiger partial charge >= 0.3 is 0 Å². The van der Waals surface area contributed by atoms with E-state index < -0.39 is 0 Å². The van der Waals surface area contributed by atoms with Gasteiger partial charge in [-0.3, -0.25) is 4.79 Å². The van der Waals surface area contributed by atoms with Gasteiger partial charge in [0.1, 0.15) is 0 Å². The van der Waals surface area contributed by atoms with Crippen molar-refractivity contribution in [2.45, 2.75) is 32.3 Å². The Morgan fingerprint density at radius 2 is 2.40 bits per heavy atom. The van der Waals surface area contributed by atoms with Crippen molar-refractivity contribution in [1.29, 1.82) is 0 Å². The van der Waals surface area contributed by atoms with E-state index in [9.17, 15) is 4.79 Å². The van der Waals surface area contributed by atoms with Crippen LogP contribution in [-0.4, -0.2) is 31.8 Å². The molecular formula is C15H20ClNO3. The number of hydrogen-bond acceptors (Lipinski definition) is 3. The summed E-state index contributed by atoms with van der Waals surface area (Å²) < 4.78 is 10.9. The van der Waals surface area contributed by atoms with Gasteiger partial charge in [0.25, 0.3) is 0 Å². The zero-order chi connectivity index (χ0) is 14.4. The quantitative estimate of drug-likeness (QED) is 0.821. The molecule has 5 heteroatoms. The Kier molecular flexibility index (Phi) is 5.83. The molecule has 1 aromatic rings. The fraction of sp³-hybridized carbons (Fsp3) is 0.533. The van der Waals surface area contributed by atoms with Gasteiger partial charge in [-0.15, -0.1) is 0 Å². The largest absolute Gasteiger partial charge is 0.378 e. The zero-order valence-corrected chi connectivity index (χ0v) is 12.4. The van der Waals surface area contributed by atoms with Crippen LogP contribution in [0, 0.1) is 6.92 Å². The lowest BCUT2D eigenvalue weighted by Gasteiger charge is -2.11. The molecule has 4 nitrogen and oxygen atoms in total. The van der Waals surface area contributed by atoms with Crippen molar-refractivity contribution >= 4 is 23.2 Å². The predicted octanol–water partition coefficient (Wildman–Crippen LogP) is 3.17. The fourth-order valence-corrected chi connectivity index (χ4v) is 2.36. The molecule has 1 unspecified atom stereocenters. The van der Waals surface area contributed by atoms with Crippen molar-refractivity contribution in [3.05, 3.63) is 28.8 Å². The molecule has 1 fully saturated rings. The zero-order valence-electron chi connectivity index (χ0n) is 11.7. The lowest BCUT2D eigenvalue weighted by Crippen LogP contribution is -2.18. The molecule has 1 aromatic carbocycles. The maximum Gasteiger partial charge on any atom is 0.226 e. The van der Waals surface area contributed by atoms with Crippen LogP contribution in [0.4, 0.5) is 5.69 Å².